The van der Waals surface area contributed by atoms with E-state index in [2.05, 4.69) is 42.5 Å². The average Bonchev–Trinajstić information content (AvgIpc) is 2.58. The number of benzene rings is 5. The van der Waals surface area contributed by atoms with Crippen LogP contribution in [0.5, 0.6) is 0 Å². The van der Waals surface area contributed by atoms with Gasteiger partial charge in [0.15, 0.2) is 0 Å². The largest absolute Gasteiger partial charge is 0.478 e. The summed E-state index contributed by atoms with van der Waals surface area (Å²) in [6.45, 7) is 0. The zero-order valence-electron chi connectivity index (χ0n) is 12.2. The van der Waals surface area contributed by atoms with Crippen LogP contribution in [0, 0.1) is 0 Å². The predicted octanol–water partition coefficient (Wildman–Crippen LogP) is 5.44. The molecule has 0 heterocycles. The van der Waals surface area contributed by atoms with Gasteiger partial charge in [-0.2, -0.15) is 0 Å². The summed E-state index contributed by atoms with van der Waals surface area (Å²) < 4.78 is 0. The third kappa shape index (κ3) is 1.50. The van der Waals surface area contributed by atoms with E-state index in [1.54, 1.807) is 6.07 Å². The molecule has 0 amide bonds. The highest BCUT2D eigenvalue weighted by Crippen LogP contribution is 2.40. The van der Waals surface area contributed by atoms with E-state index in [0.717, 1.165) is 21.5 Å². The molecule has 0 bridgehead atoms. The van der Waals surface area contributed by atoms with Gasteiger partial charge in [-0.25, -0.2) is 4.79 Å². The number of rotatable bonds is 1. The first-order valence-electron chi connectivity index (χ1n) is 7.57. The number of carboxylic acids is 1. The average molecular weight is 296 g/mol. The molecule has 5 rings (SSSR count). The molecule has 0 radical (unpaired) electrons. The minimum absolute atomic E-state index is 0.358. The number of carbonyl (C=O) groups is 1. The van der Waals surface area contributed by atoms with Gasteiger partial charge in [0.25, 0.3) is 0 Å². The molecule has 0 aliphatic heterocycles. The number of hydrogen-bond donors (Lipinski definition) is 1. The summed E-state index contributed by atoms with van der Waals surface area (Å²) in [6.07, 6.45) is 0. The van der Waals surface area contributed by atoms with Crippen LogP contribution >= 0.6 is 0 Å². The monoisotopic (exact) mass is 296 g/mol. The number of carboxylic acid groups (broad SMARTS) is 1. The fourth-order valence-corrected chi connectivity index (χ4v) is 3.83. The molecule has 0 saturated carbocycles. The van der Waals surface area contributed by atoms with Crippen LogP contribution in [0.15, 0.2) is 66.7 Å². The van der Waals surface area contributed by atoms with Crippen molar-refractivity contribution in [3.8, 4) is 0 Å². The molecule has 0 fully saturated rings. The van der Waals surface area contributed by atoms with E-state index < -0.39 is 5.97 Å². The molecule has 2 nitrogen and oxygen atoms in total. The topological polar surface area (TPSA) is 37.3 Å². The Morgan fingerprint density at radius 3 is 1.78 bits per heavy atom. The molecular weight excluding hydrogens is 284 g/mol. The maximum absolute atomic E-state index is 11.6. The summed E-state index contributed by atoms with van der Waals surface area (Å²) in [5.74, 6) is -0.884. The van der Waals surface area contributed by atoms with E-state index in [0.29, 0.717) is 5.56 Å². The van der Waals surface area contributed by atoms with Gasteiger partial charge in [0, 0.05) is 0 Å². The molecule has 5 aromatic carbocycles. The molecule has 0 saturated heterocycles. The van der Waals surface area contributed by atoms with Crippen LogP contribution in [0.1, 0.15) is 10.4 Å². The second-order valence-electron chi connectivity index (χ2n) is 5.90. The molecule has 0 spiro atoms. The van der Waals surface area contributed by atoms with E-state index in [1.165, 1.54) is 21.5 Å². The van der Waals surface area contributed by atoms with Gasteiger partial charge in [-0.15, -0.1) is 0 Å². The molecule has 0 aliphatic carbocycles. The molecule has 0 aliphatic rings. The molecule has 2 heteroatoms. The summed E-state index contributed by atoms with van der Waals surface area (Å²) in [7, 11) is 0. The highest BCUT2D eigenvalue weighted by Gasteiger charge is 2.16. The lowest BCUT2D eigenvalue weighted by Crippen LogP contribution is -1.98. The van der Waals surface area contributed by atoms with Gasteiger partial charge in [0.1, 0.15) is 0 Å². The van der Waals surface area contributed by atoms with Crippen molar-refractivity contribution < 1.29 is 9.90 Å². The van der Waals surface area contributed by atoms with Crippen LogP contribution in [0.25, 0.3) is 43.1 Å². The molecule has 5 aromatic rings. The lowest BCUT2D eigenvalue weighted by molar-refractivity contribution is 0.0699. The van der Waals surface area contributed by atoms with Gasteiger partial charge < -0.3 is 5.11 Å². The Morgan fingerprint density at radius 1 is 0.609 bits per heavy atom. The van der Waals surface area contributed by atoms with Gasteiger partial charge in [0.05, 0.1) is 5.56 Å². The third-order valence-electron chi connectivity index (χ3n) is 4.76. The molecule has 0 atom stereocenters. The van der Waals surface area contributed by atoms with Crippen molar-refractivity contribution in [1.29, 1.82) is 0 Å². The summed E-state index contributed by atoms with van der Waals surface area (Å²) >= 11 is 0. The zero-order chi connectivity index (χ0) is 15.6. The Bertz CT molecular complexity index is 1180. The van der Waals surface area contributed by atoms with E-state index >= 15 is 0 Å². The van der Waals surface area contributed by atoms with Crippen LogP contribution in [-0.4, -0.2) is 11.1 Å². The summed E-state index contributed by atoms with van der Waals surface area (Å²) in [6, 6.07) is 22.2. The van der Waals surface area contributed by atoms with Crippen LogP contribution < -0.4 is 0 Å². The fourth-order valence-electron chi connectivity index (χ4n) is 3.83. The maximum atomic E-state index is 11.6. The molecule has 1 N–H and O–H groups in total. The summed E-state index contributed by atoms with van der Waals surface area (Å²) in [4.78, 5) is 11.6. The number of aromatic carboxylic acids is 1. The van der Waals surface area contributed by atoms with Crippen molar-refractivity contribution in [2.45, 2.75) is 0 Å². The van der Waals surface area contributed by atoms with Crippen molar-refractivity contribution >= 4 is 49.1 Å². The Morgan fingerprint density at radius 2 is 1.13 bits per heavy atom. The van der Waals surface area contributed by atoms with Crippen molar-refractivity contribution in [3.63, 3.8) is 0 Å². The van der Waals surface area contributed by atoms with E-state index in [9.17, 15) is 9.90 Å². The Balaban J connectivity index is 2.21. The lowest BCUT2D eigenvalue weighted by atomic mass is 9.88. The third-order valence-corrected chi connectivity index (χ3v) is 4.76. The van der Waals surface area contributed by atoms with Gasteiger partial charge in [-0.05, 0) is 49.2 Å². The molecule has 108 valence electrons. The summed E-state index contributed by atoms with van der Waals surface area (Å²) in [5, 5.41) is 18.4. The number of fused-ring (bicyclic) bond motifs is 2. The first kappa shape index (κ1) is 12.4. The predicted molar refractivity (Wildman–Crippen MR) is 94.6 cm³/mol. The molecule has 0 aromatic heterocycles. The highest BCUT2D eigenvalue weighted by molar-refractivity contribution is 6.34. The molecular formula is C21H12O2. The minimum atomic E-state index is -0.884. The number of hydrogen-bond acceptors (Lipinski definition) is 1. The van der Waals surface area contributed by atoms with Crippen LogP contribution in [0.2, 0.25) is 0 Å². The van der Waals surface area contributed by atoms with E-state index in [1.807, 2.05) is 18.2 Å². The van der Waals surface area contributed by atoms with Crippen molar-refractivity contribution in [3.05, 3.63) is 72.3 Å². The second-order valence-corrected chi connectivity index (χ2v) is 5.90. The highest BCUT2D eigenvalue weighted by atomic mass is 16.4. The smallest absolute Gasteiger partial charge is 0.336 e. The van der Waals surface area contributed by atoms with Gasteiger partial charge in [-0.3, -0.25) is 0 Å². The zero-order valence-corrected chi connectivity index (χ0v) is 12.2. The first-order valence-corrected chi connectivity index (χ1v) is 7.57. The van der Waals surface area contributed by atoms with E-state index in [-0.39, 0.29) is 0 Å². The van der Waals surface area contributed by atoms with Gasteiger partial charge >= 0.3 is 5.97 Å². The van der Waals surface area contributed by atoms with Crippen molar-refractivity contribution in [1.82, 2.24) is 0 Å². The van der Waals surface area contributed by atoms with Crippen molar-refractivity contribution in [2.75, 3.05) is 0 Å². The van der Waals surface area contributed by atoms with Crippen LogP contribution in [-0.2, 0) is 0 Å². The van der Waals surface area contributed by atoms with E-state index in [4.69, 9.17) is 0 Å². The molecule has 23 heavy (non-hydrogen) atoms. The van der Waals surface area contributed by atoms with Crippen molar-refractivity contribution in [2.24, 2.45) is 0 Å². The Labute approximate surface area is 131 Å². The van der Waals surface area contributed by atoms with Crippen LogP contribution in [0.4, 0.5) is 0 Å². The maximum Gasteiger partial charge on any atom is 0.336 e. The van der Waals surface area contributed by atoms with Gasteiger partial charge in [0.2, 0.25) is 0 Å². The minimum Gasteiger partial charge on any atom is -0.478 e. The Kier molecular flexibility index (Phi) is 2.27. The standard InChI is InChI=1S/C21H12O2/c22-21(23)18-11-10-17-14-7-2-5-12-4-1-6-13(19(12)14)15-8-3-9-16(18)20(15)17/h1-11H,(H,22,23). The second kappa shape index (κ2) is 4.20. The summed E-state index contributed by atoms with van der Waals surface area (Å²) in [5.41, 5.74) is 0.358. The quantitative estimate of drug-likeness (QED) is 0.330. The Hall–Kier alpha value is -3.13. The lowest BCUT2D eigenvalue weighted by Gasteiger charge is -2.15. The van der Waals surface area contributed by atoms with Gasteiger partial charge in [-0.1, -0.05) is 60.7 Å². The normalized spacial score (nSPS) is 11.8. The SMILES string of the molecule is O=C(O)c1ccc2c3cccc4cccc(c5cccc1c52)c43. The van der Waals surface area contributed by atoms with Crippen LogP contribution in [0.3, 0.4) is 0 Å². The first-order chi connectivity index (χ1) is 11.3. The molecule has 0 unspecified atom stereocenters. The fraction of sp³-hybridized carbons (Fsp3) is 0.